The van der Waals surface area contributed by atoms with Crippen molar-refractivity contribution in [1.29, 1.82) is 0 Å². The van der Waals surface area contributed by atoms with Crippen LogP contribution in [0.1, 0.15) is 12.6 Å². The molecule has 6 heteroatoms. The summed E-state index contributed by atoms with van der Waals surface area (Å²) in [4.78, 5) is 24.0. The molecule has 3 aromatic heterocycles. The lowest BCUT2D eigenvalue weighted by Gasteiger charge is -2.11. The molecule has 6 nitrogen and oxygen atoms in total. The zero-order valence-corrected chi connectivity index (χ0v) is 11.3. The number of nitrogens with zero attached hydrogens (tertiary/aromatic N) is 3. The van der Waals surface area contributed by atoms with E-state index in [2.05, 4.69) is 15.0 Å². The van der Waals surface area contributed by atoms with Gasteiger partial charge in [-0.1, -0.05) is 0 Å². The third-order valence-corrected chi connectivity index (χ3v) is 3.36. The van der Waals surface area contributed by atoms with Gasteiger partial charge in [-0.15, -0.1) is 0 Å². The van der Waals surface area contributed by atoms with E-state index in [9.17, 15) is 4.79 Å². The van der Waals surface area contributed by atoms with E-state index in [1.54, 1.807) is 10.8 Å². The van der Waals surface area contributed by atoms with Crippen LogP contribution in [0.4, 0.5) is 5.95 Å². The summed E-state index contributed by atoms with van der Waals surface area (Å²) >= 11 is 0. The minimum Gasteiger partial charge on any atom is -0.368 e. The van der Waals surface area contributed by atoms with E-state index in [0.717, 1.165) is 16.8 Å². The molecule has 0 unspecified atom stereocenters. The molecule has 0 atom stereocenters. The fourth-order valence-electron chi connectivity index (χ4n) is 2.39. The van der Waals surface area contributed by atoms with Crippen LogP contribution >= 0.6 is 0 Å². The Balaban J connectivity index is 2.46. The zero-order valence-electron chi connectivity index (χ0n) is 11.3. The first kappa shape index (κ1) is 12.4. The molecule has 0 bridgehead atoms. The molecule has 3 aromatic rings. The first-order valence-electron chi connectivity index (χ1n) is 6.43. The van der Waals surface area contributed by atoms with Crippen molar-refractivity contribution in [1.82, 2.24) is 19.5 Å². The predicted molar refractivity (Wildman–Crippen MR) is 78.4 cm³/mol. The summed E-state index contributed by atoms with van der Waals surface area (Å²) in [5, 5.41) is 0.838. The SMILES string of the molecule is CCn1c(=O)c(-c2ccc[nH]2)cc2c(C)nc(N)nc21. The summed E-state index contributed by atoms with van der Waals surface area (Å²) in [5.74, 6) is 0.184. The van der Waals surface area contributed by atoms with Crippen molar-refractivity contribution in [3.8, 4) is 11.3 Å². The summed E-state index contributed by atoms with van der Waals surface area (Å²) in [7, 11) is 0. The molecule has 20 heavy (non-hydrogen) atoms. The van der Waals surface area contributed by atoms with Crippen LogP contribution in [0.5, 0.6) is 0 Å². The first-order chi connectivity index (χ1) is 9.61. The summed E-state index contributed by atoms with van der Waals surface area (Å²) in [6.45, 7) is 4.30. The second-order valence-corrected chi connectivity index (χ2v) is 4.60. The molecule has 3 heterocycles. The van der Waals surface area contributed by atoms with Crippen LogP contribution in [0.25, 0.3) is 22.3 Å². The molecule has 0 aliphatic carbocycles. The van der Waals surface area contributed by atoms with Crippen LogP contribution in [0.3, 0.4) is 0 Å². The minimum absolute atomic E-state index is 0.0834. The summed E-state index contributed by atoms with van der Waals surface area (Å²) in [6, 6.07) is 5.56. The molecular weight excluding hydrogens is 254 g/mol. The molecular formula is C14H15N5O. The second kappa shape index (κ2) is 4.48. The summed E-state index contributed by atoms with van der Waals surface area (Å²) < 4.78 is 1.62. The number of nitrogen functional groups attached to an aromatic ring is 1. The van der Waals surface area contributed by atoms with Gasteiger partial charge in [0, 0.05) is 18.1 Å². The summed E-state index contributed by atoms with van der Waals surface area (Å²) in [5.41, 5.74) is 8.35. The van der Waals surface area contributed by atoms with Gasteiger partial charge in [0.25, 0.3) is 5.56 Å². The van der Waals surface area contributed by atoms with E-state index in [4.69, 9.17) is 5.73 Å². The van der Waals surface area contributed by atoms with E-state index >= 15 is 0 Å². The highest BCUT2D eigenvalue weighted by molar-refractivity contribution is 5.83. The molecule has 0 aliphatic rings. The van der Waals surface area contributed by atoms with E-state index in [0.29, 0.717) is 17.8 Å². The van der Waals surface area contributed by atoms with E-state index in [-0.39, 0.29) is 11.5 Å². The number of nitrogens with two attached hydrogens (primary N) is 1. The molecule has 0 saturated carbocycles. The van der Waals surface area contributed by atoms with Gasteiger partial charge in [-0.2, -0.15) is 4.98 Å². The van der Waals surface area contributed by atoms with Crippen LogP contribution in [-0.4, -0.2) is 19.5 Å². The molecule has 0 aliphatic heterocycles. The van der Waals surface area contributed by atoms with Gasteiger partial charge in [0.2, 0.25) is 5.95 Å². The standard InChI is InChI=1S/C14H15N5O/c1-3-19-12-9(8(2)17-14(15)18-12)7-10(13(19)20)11-5-4-6-16-11/h4-7,16H,3H2,1-2H3,(H2,15,17,18). The lowest BCUT2D eigenvalue weighted by atomic mass is 10.1. The molecule has 0 saturated heterocycles. The zero-order chi connectivity index (χ0) is 14.3. The van der Waals surface area contributed by atoms with Gasteiger partial charge in [-0.25, -0.2) is 4.98 Å². The van der Waals surface area contributed by atoms with Crippen molar-refractivity contribution in [3.63, 3.8) is 0 Å². The van der Waals surface area contributed by atoms with E-state index < -0.39 is 0 Å². The number of hydrogen-bond donors (Lipinski definition) is 2. The minimum atomic E-state index is -0.0834. The number of hydrogen-bond acceptors (Lipinski definition) is 4. The van der Waals surface area contributed by atoms with Gasteiger partial charge in [0.1, 0.15) is 5.65 Å². The van der Waals surface area contributed by atoms with Crippen molar-refractivity contribution < 1.29 is 0 Å². The normalized spacial score (nSPS) is 11.1. The van der Waals surface area contributed by atoms with E-state index in [1.165, 1.54) is 0 Å². The number of aromatic nitrogens is 4. The smallest absolute Gasteiger partial charge is 0.261 e. The Morgan fingerprint density at radius 2 is 2.20 bits per heavy atom. The quantitative estimate of drug-likeness (QED) is 0.741. The second-order valence-electron chi connectivity index (χ2n) is 4.60. The molecule has 0 fully saturated rings. The van der Waals surface area contributed by atoms with Gasteiger partial charge in [-0.3, -0.25) is 9.36 Å². The lowest BCUT2D eigenvalue weighted by molar-refractivity contribution is 0.750. The van der Waals surface area contributed by atoms with Crippen molar-refractivity contribution in [2.45, 2.75) is 20.4 Å². The predicted octanol–water partition coefficient (Wildman–Crippen LogP) is 1.70. The maximum atomic E-state index is 12.6. The van der Waals surface area contributed by atoms with Crippen molar-refractivity contribution in [2.75, 3.05) is 5.73 Å². The van der Waals surface area contributed by atoms with Gasteiger partial charge < -0.3 is 10.7 Å². The van der Waals surface area contributed by atoms with Gasteiger partial charge in [0.05, 0.1) is 17.0 Å². The van der Waals surface area contributed by atoms with Crippen molar-refractivity contribution in [2.24, 2.45) is 0 Å². The molecule has 0 amide bonds. The van der Waals surface area contributed by atoms with Crippen LogP contribution in [0, 0.1) is 6.92 Å². The Labute approximate surface area is 115 Å². The number of fused-ring (bicyclic) bond motifs is 1. The number of H-pyrrole nitrogens is 1. The van der Waals surface area contributed by atoms with Gasteiger partial charge in [-0.05, 0) is 32.0 Å². The van der Waals surface area contributed by atoms with Crippen molar-refractivity contribution in [3.05, 3.63) is 40.4 Å². The first-order valence-corrected chi connectivity index (χ1v) is 6.43. The maximum absolute atomic E-state index is 12.6. The highest BCUT2D eigenvalue weighted by Gasteiger charge is 2.14. The third-order valence-electron chi connectivity index (χ3n) is 3.36. The topological polar surface area (TPSA) is 89.6 Å². The number of rotatable bonds is 2. The average molecular weight is 269 g/mol. The number of anilines is 1. The Morgan fingerprint density at radius 1 is 1.40 bits per heavy atom. The number of aryl methyl sites for hydroxylation is 2. The van der Waals surface area contributed by atoms with Crippen LogP contribution < -0.4 is 11.3 Å². The highest BCUT2D eigenvalue weighted by Crippen LogP contribution is 2.21. The van der Waals surface area contributed by atoms with Crippen LogP contribution in [0.2, 0.25) is 0 Å². The number of pyridine rings is 1. The molecule has 0 radical (unpaired) electrons. The Hall–Kier alpha value is -2.63. The Morgan fingerprint density at radius 3 is 2.85 bits per heavy atom. The van der Waals surface area contributed by atoms with Gasteiger partial charge >= 0.3 is 0 Å². The Bertz CT molecular complexity index is 833. The average Bonchev–Trinajstić information content (AvgIpc) is 2.92. The lowest BCUT2D eigenvalue weighted by Crippen LogP contribution is -2.23. The van der Waals surface area contributed by atoms with Crippen molar-refractivity contribution >= 4 is 17.0 Å². The Kier molecular flexibility index (Phi) is 2.78. The third kappa shape index (κ3) is 1.77. The fourth-order valence-corrected chi connectivity index (χ4v) is 2.39. The van der Waals surface area contributed by atoms with Crippen LogP contribution in [-0.2, 0) is 6.54 Å². The molecule has 3 N–H and O–H groups in total. The number of nitrogens with one attached hydrogen (secondary N) is 1. The molecule has 3 rings (SSSR count). The van der Waals surface area contributed by atoms with E-state index in [1.807, 2.05) is 32.0 Å². The molecule has 0 aromatic carbocycles. The largest absolute Gasteiger partial charge is 0.368 e. The monoisotopic (exact) mass is 269 g/mol. The number of aromatic amines is 1. The van der Waals surface area contributed by atoms with Crippen LogP contribution in [0.15, 0.2) is 29.2 Å². The fraction of sp³-hybridized carbons (Fsp3) is 0.214. The molecule has 102 valence electrons. The highest BCUT2D eigenvalue weighted by atomic mass is 16.1. The van der Waals surface area contributed by atoms with Gasteiger partial charge in [0.15, 0.2) is 0 Å². The maximum Gasteiger partial charge on any atom is 0.261 e. The molecule has 0 spiro atoms. The summed E-state index contributed by atoms with van der Waals surface area (Å²) in [6.07, 6.45) is 1.79.